The van der Waals surface area contributed by atoms with Gasteiger partial charge in [-0.3, -0.25) is 0 Å². The molecule has 0 spiro atoms. The van der Waals surface area contributed by atoms with Crippen molar-refractivity contribution in [2.75, 3.05) is 20.8 Å². The average molecular weight is 294 g/mol. The first-order chi connectivity index (χ1) is 8.22. The minimum absolute atomic E-state index is 0. The zero-order chi connectivity index (χ0) is 12.7. The van der Waals surface area contributed by atoms with E-state index in [1.165, 1.54) is 12.8 Å². The fourth-order valence-electron chi connectivity index (χ4n) is 1.56. The molecule has 1 rings (SSSR count). The molecule has 0 saturated heterocycles. The van der Waals surface area contributed by atoms with Crippen molar-refractivity contribution in [2.24, 2.45) is 0 Å². The normalized spacial score (nSPS) is 9.78. The Morgan fingerprint density at radius 1 is 1.17 bits per heavy atom. The van der Waals surface area contributed by atoms with Crippen LogP contribution >= 0.6 is 24.0 Å². The molecule has 0 bridgehead atoms. The van der Waals surface area contributed by atoms with Gasteiger partial charge in [-0.15, -0.1) is 12.4 Å². The summed E-state index contributed by atoms with van der Waals surface area (Å²) in [5.41, 5.74) is 1.03. The molecule has 0 aliphatic rings. The summed E-state index contributed by atoms with van der Waals surface area (Å²) in [7, 11) is 3.23. The number of rotatable bonds is 7. The highest BCUT2D eigenvalue weighted by atomic mass is 35.5. The van der Waals surface area contributed by atoms with Crippen molar-refractivity contribution >= 4 is 24.0 Å². The van der Waals surface area contributed by atoms with Crippen molar-refractivity contribution in [3.8, 4) is 11.5 Å². The smallest absolute Gasteiger partial charge is 0.162 e. The van der Waals surface area contributed by atoms with Gasteiger partial charge in [0.15, 0.2) is 11.5 Å². The largest absolute Gasteiger partial charge is 0.493 e. The molecular weight excluding hydrogens is 273 g/mol. The van der Waals surface area contributed by atoms with Crippen molar-refractivity contribution in [1.29, 1.82) is 0 Å². The summed E-state index contributed by atoms with van der Waals surface area (Å²) in [6.07, 6.45) is 2.36. The second kappa shape index (κ2) is 9.31. The van der Waals surface area contributed by atoms with Crippen LogP contribution in [0, 0.1) is 0 Å². The van der Waals surface area contributed by atoms with Crippen molar-refractivity contribution in [3.05, 3.63) is 22.7 Å². The maximum Gasteiger partial charge on any atom is 0.162 e. The Labute approximate surface area is 120 Å². The Balaban J connectivity index is 0.00000289. The Kier molecular flexibility index (Phi) is 8.98. The van der Waals surface area contributed by atoms with Gasteiger partial charge in [-0.05, 0) is 24.6 Å². The third-order valence-corrected chi connectivity index (χ3v) is 2.93. The first-order valence-electron chi connectivity index (χ1n) is 5.84. The fourth-order valence-corrected chi connectivity index (χ4v) is 1.78. The maximum atomic E-state index is 6.17. The summed E-state index contributed by atoms with van der Waals surface area (Å²) in [4.78, 5) is 0. The summed E-state index contributed by atoms with van der Waals surface area (Å²) >= 11 is 6.17. The lowest BCUT2D eigenvalue weighted by atomic mass is 10.2. The Hall–Kier alpha value is -0.640. The molecule has 3 nitrogen and oxygen atoms in total. The minimum Gasteiger partial charge on any atom is -0.493 e. The lowest BCUT2D eigenvalue weighted by molar-refractivity contribution is 0.354. The van der Waals surface area contributed by atoms with Gasteiger partial charge in [0.25, 0.3) is 0 Å². The minimum atomic E-state index is 0. The van der Waals surface area contributed by atoms with Gasteiger partial charge in [-0.25, -0.2) is 0 Å². The molecule has 0 amide bonds. The number of unbranched alkanes of at least 4 members (excludes halogenated alkanes) is 1. The monoisotopic (exact) mass is 293 g/mol. The van der Waals surface area contributed by atoms with Gasteiger partial charge in [0.2, 0.25) is 0 Å². The molecule has 0 unspecified atom stereocenters. The number of nitrogens with one attached hydrogen (secondary N) is 1. The molecule has 104 valence electrons. The topological polar surface area (TPSA) is 30.5 Å². The van der Waals surface area contributed by atoms with Crippen molar-refractivity contribution in [2.45, 2.75) is 26.3 Å². The third kappa shape index (κ3) is 4.92. The first-order valence-corrected chi connectivity index (χ1v) is 6.21. The standard InChI is InChI=1S/C13H20ClNO2.ClH/c1-4-5-6-15-9-10-7-12(16-2)13(17-3)8-11(10)14;/h7-8,15H,4-6,9H2,1-3H3;1H. The van der Waals surface area contributed by atoms with E-state index in [0.29, 0.717) is 16.5 Å². The highest BCUT2D eigenvalue weighted by Crippen LogP contribution is 2.32. The number of benzene rings is 1. The van der Waals surface area contributed by atoms with Gasteiger partial charge in [0.1, 0.15) is 0 Å². The number of hydrogen-bond donors (Lipinski definition) is 1. The van der Waals surface area contributed by atoms with E-state index in [0.717, 1.165) is 18.7 Å². The van der Waals surface area contributed by atoms with Crippen LogP contribution < -0.4 is 14.8 Å². The van der Waals surface area contributed by atoms with E-state index in [1.807, 2.05) is 6.07 Å². The summed E-state index contributed by atoms with van der Waals surface area (Å²) in [5, 5.41) is 4.05. The molecule has 0 fully saturated rings. The molecule has 18 heavy (non-hydrogen) atoms. The van der Waals surface area contributed by atoms with Crippen LogP contribution in [0.3, 0.4) is 0 Å². The van der Waals surface area contributed by atoms with Crippen LogP contribution in [0.4, 0.5) is 0 Å². The zero-order valence-corrected chi connectivity index (χ0v) is 12.7. The Morgan fingerprint density at radius 3 is 2.33 bits per heavy atom. The molecule has 1 N–H and O–H groups in total. The van der Waals surface area contributed by atoms with Gasteiger partial charge in [0, 0.05) is 17.6 Å². The quantitative estimate of drug-likeness (QED) is 0.778. The lowest BCUT2D eigenvalue weighted by Gasteiger charge is -2.12. The van der Waals surface area contributed by atoms with E-state index in [9.17, 15) is 0 Å². The second-order valence-corrected chi connectivity index (χ2v) is 4.24. The molecule has 0 aliphatic heterocycles. The van der Waals surface area contributed by atoms with Gasteiger partial charge < -0.3 is 14.8 Å². The van der Waals surface area contributed by atoms with Crippen LogP contribution in [0.1, 0.15) is 25.3 Å². The summed E-state index contributed by atoms with van der Waals surface area (Å²) in [6.45, 7) is 3.92. The molecule has 0 saturated carbocycles. The Morgan fingerprint density at radius 2 is 1.78 bits per heavy atom. The predicted molar refractivity (Wildman–Crippen MR) is 78.4 cm³/mol. The molecular formula is C13H21Cl2NO2. The Bertz CT molecular complexity index is 359. The first kappa shape index (κ1) is 17.4. The van der Waals surface area contributed by atoms with E-state index in [2.05, 4.69) is 12.2 Å². The number of hydrogen-bond acceptors (Lipinski definition) is 3. The molecule has 5 heteroatoms. The molecule has 0 aliphatic carbocycles. The molecule has 0 aromatic heterocycles. The predicted octanol–water partition coefficient (Wildman–Crippen LogP) is 3.67. The SMILES string of the molecule is CCCCNCc1cc(OC)c(OC)cc1Cl.Cl. The van der Waals surface area contributed by atoms with Crippen LogP contribution in [-0.2, 0) is 6.54 Å². The summed E-state index contributed by atoms with van der Waals surface area (Å²) < 4.78 is 10.4. The van der Waals surface area contributed by atoms with Crippen molar-refractivity contribution in [3.63, 3.8) is 0 Å². The van der Waals surface area contributed by atoms with E-state index < -0.39 is 0 Å². The van der Waals surface area contributed by atoms with E-state index >= 15 is 0 Å². The van der Waals surface area contributed by atoms with Crippen molar-refractivity contribution < 1.29 is 9.47 Å². The van der Waals surface area contributed by atoms with Gasteiger partial charge in [-0.2, -0.15) is 0 Å². The maximum absolute atomic E-state index is 6.17. The van der Waals surface area contributed by atoms with Gasteiger partial charge >= 0.3 is 0 Å². The van der Waals surface area contributed by atoms with Crippen LogP contribution in [0.2, 0.25) is 5.02 Å². The highest BCUT2D eigenvalue weighted by molar-refractivity contribution is 6.31. The average Bonchev–Trinajstić information content (AvgIpc) is 2.35. The summed E-state index contributed by atoms with van der Waals surface area (Å²) in [6, 6.07) is 3.71. The number of ether oxygens (including phenoxy) is 2. The van der Waals surface area contributed by atoms with Gasteiger partial charge in [0.05, 0.1) is 14.2 Å². The van der Waals surface area contributed by atoms with E-state index in [4.69, 9.17) is 21.1 Å². The van der Waals surface area contributed by atoms with Crippen molar-refractivity contribution in [1.82, 2.24) is 5.32 Å². The van der Waals surface area contributed by atoms with Crippen LogP contribution in [0.25, 0.3) is 0 Å². The fraction of sp³-hybridized carbons (Fsp3) is 0.538. The third-order valence-electron chi connectivity index (χ3n) is 2.58. The number of halogens is 2. The molecule has 0 heterocycles. The second-order valence-electron chi connectivity index (χ2n) is 3.83. The van der Waals surface area contributed by atoms with Crippen LogP contribution in [0.15, 0.2) is 12.1 Å². The summed E-state index contributed by atoms with van der Waals surface area (Å²) in [5.74, 6) is 1.37. The molecule has 0 radical (unpaired) electrons. The van der Waals surface area contributed by atoms with E-state index in [-0.39, 0.29) is 12.4 Å². The molecule has 1 aromatic carbocycles. The van der Waals surface area contributed by atoms with Crippen LogP contribution in [-0.4, -0.2) is 20.8 Å². The highest BCUT2D eigenvalue weighted by Gasteiger charge is 2.09. The molecule has 0 atom stereocenters. The van der Waals surface area contributed by atoms with Crippen LogP contribution in [0.5, 0.6) is 11.5 Å². The zero-order valence-electron chi connectivity index (χ0n) is 11.1. The van der Waals surface area contributed by atoms with Gasteiger partial charge in [-0.1, -0.05) is 24.9 Å². The number of methoxy groups -OCH3 is 2. The lowest BCUT2D eigenvalue weighted by Crippen LogP contribution is -2.14. The van der Waals surface area contributed by atoms with E-state index in [1.54, 1.807) is 20.3 Å². The molecule has 1 aromatic rings.